The number of piperidine rings is 1. The minimum absolute atomic E-state index is 0.0000643. The molecular formula is C21H29N3O6. The summed E-state index contributed by atoms with van der Waals surface area (Å²) < 4.78 is 10.4. The van der Waals surface area contributed by atoms with E-state index < -0.39 is 23.4 Å². The average molecular weight is 419 g/mol. The van der Waals surface area contributed by atoms with E-state index in [0.717, 1.165) is 32.4 Å². The highest BCUT2D eigenvalue weighted by atomic mass is 16.6. The topological polar surface area (TPSA) is 111 Å². The Morgan fingerprint density at radius 2 is 2.03 bits per heavy atom. The Morgan fingerprint density at radius 3 is 2.67 bits per heavy atom. The third-order valence-corrected chi connectivity index (χ3v) is 5.50. The number of hydrogen-bond acceptors (Lipinski definition) is 7. The first-order valence-corrected chi connectivity index (χ1v) is 10.4. The molecule has 1 aromatic carbocycles. The van der Waals surface area contributed by atoms with Crippen molar-refractivity contribution < 1.29 is 24.0 Å². The van der Waals surface area contributed by atoms with Crippen molar-refractivity contribution in [2.24, 2.45) is 11.8 Å². The van der Waals surface area contributed by atoms with E-state index in [4.69, 9.17) is 9.47 Å². The van der Waals surface area contributed by atoms with Gasteiger partial charge in [0.15, 0.2) is 6.61 Å². The van der Waals surface area contributed by atoms with Crippen molar-refractivity contribution in [1.82, 2.24) is 5.32 Å². The number of carbonyl (C=O) groups is 2. The highest BCUT2D eigenvalue weighted by Gasteiger charge is 2.28. The van der Waals surface area contributed by atoms with Crippen LogP contribution in [0.15, 0.2) is 18.2 Å². The SMILES string of the molecule is CC1CC(C)CN(c2ccc(C(=O)OCC(=O)NCC3CCCO3)cc2[N+](=O)[O-])C1. The molecule has 3 rings (SSSR count). The molecular weight excluding hydrogens is 390 g/mol. The van der Waals surface area contributed by atoms with Gasteiger partial charge >= 0.3 is 5.97 Å². The molecule has 0 spiro atoms. The molecule has 1 aromatic rings. The zero-order chi connectivity index (χ0) is 21.7. The number of esters is 1. The van der Waals surface area contributed by atoms with Gasteiger partial charge in [-0.1, -0.05) is 13.8 Å². The summed E-state index contributed by atoms with van der Waals surface area (Å²) in [5.74, 6) is -0.323. The molecule has 1 amide bonds. The first kappa shape index (κ1) is 22.0. The maximum atomic E-state index is 12.3. The van der Waals surface area contributed by atoms with Gasteiger partial charge in [-0.2, -0.15) is 0 Å². The number of nitro groups is 1. The fraction of sp³-hybridized carbons (Fsp3) is 0.619. The lowest BCUT2D eigenvalue weighted by Gasteiger charge is -2.36. The van der Waals surface area contributed by atoms with E-state index in [1.807, 2.05) is 4.90 Å². The van der Waals surface area contributed by atoms with Gasteiger partial charge in [0.25, 0.3) is 11.6 Å². The normalized spacial score (nSPS) is 23.8. The monoisotopic (exact) mass is 419 g/mol. The fourth-order valence-corrected chi connectivity index (χ4v) is 4.22. The van der Waals surface area contributed by atoms with E-state index in [1.165, 1.54) is 12.1 Å². The van der Waals surface area contributed by atoms with Crippen LogP contribution in [0.2, 0.25) is 0 Å². The Balaban J connectivity index is 1.61. The van der Waals surface area contributed by atoms with Crippen LogP contribution >= 0.6 is 0 Å². The second-order valence-corrected chi connectivity index (χ2v) is 8.33. The van der Waals surface area contributed by atoms with Crippen molar-refractivity contribution >= 4 is 23.3 Å². The molecule has 2 aliphatic heterocycles. The number of anilines is 1. The van der Waals surface area contributed by atoms with Gasteiger partial charge in [-0.15, -0.1) is 0 Å². The first-order chi connectivity index (χ1) is 14.3. The number of nitro benzene ring substituents is 1. The molecule has 2 heterocycles. The van der Waals surface area contributed by atoms with E-state index in [9.17, 15) is 19.7 Å². The minimum Gasteiger partial charge on any atom is -0.452 e. The minimum atomic E-state index is -0.766. The second-order valence-electron chi connectivity index (χ2n) is 8.33. The average Bonchev–Trinajstić information content (AvgIpc) is 3.23. The Hall–Kier alpha value is -2.68. The second kappa shape index (κ2) is 9.88. The molecule has 0 saturated carbocycles. The number of ether oxygens (including phenoxy) is 2. The van der Waals surface area contributed by atoms with Gasteiger partial charge in [0.1, 0.15) is 5.69 Å². The van der Waals surface area contributed by atoms with Crippen LogP contribution in [0.1, 0.15) is 43.5 Å². The fourth-order valence-electron chi connectivity index (χ4n) is 4.22. The van der Waals surface area contributed by atoms with Crippen molar-refractivity contribution in [2.45, 2.75) is 39.2 Å². The van der Waals surface area contributed by atoms with Gasteiger partial charge in [0.2, 0.25) is 0 Å². The van der Waals surface area contributed by atoms with Crippen molar-refractivity contribution in [2.75, 3.05) is 37.7 Å². The molecule has 3 atom stereocenters. The predicted molar refractivity (Wildman–Crippen MR) is 111 cm³/mol. The van der Waals surface area contributed by atoms with E-state index in [-0.39, 0.29) is 17.4 Å². The van der Waals surface area contributed by atoms with E-state index in [0.29, 0.717) is 30.7 Å². The summed E-state index contributed by atoms with van der Waals surface area (Å²) in [5, 5.41) is 14.3. The van der Waals surface area contributed by atoms with Crippen molar-refractivity contribution in [3.8, 4) is 0 Å². The number of benzene rings is 1. The molecule has 2 fully saturated rings. The zero-order valence-electron chi connectivity index (χ0n) is 17.5. The highest BCUT2D eigenvalue weighted by molar-refractivity contribution is 5.93. The molecule has 2 saturated heterocycles. The molecule has 0 bridgehead atoms. The van der Waals surface area contributed by atoms with Crippen LogP contribution in [-0.2, 0) is 14.3 Å². The van der Waals surface area contributed by atoms with Crippen LogP contribution in [0.3, 0.4) is 0 Å². The van der Waals surface area contributed by atoms with Gasteiger partial charge in [-0.3, -0.25) is 14.9 Å². The van der Waals surface area contributed by atoms with E-state index >= 15 is 0 Å². The smallest absolute Gasteiger partial charge is 0.338 e. The van der Waals surface area contributed by atoms with Crippen LogP contribution in [0.5, 0.6) is 0 Å². The molecule has 30 heavy (non-hydrogen) atoms. The number of rotatable bonds is 7. The maximum Gasteiger partial charge on any atom is 0.338 e. The number of nitrogens with one attached hydrogen (secondary N) is 1. The van der Waals surface area contributed by atoms with Gasteiger partial charge < -0.3 is 19.7 Å². The number of amides is 1. The third kappa shape index (κ3) is 5.69. The predicted octanol–water partition coefficient (Wildman–Crippen LogP) is 2.53. The molecule has 1 N–H and O–H groups in total. The summed E-state index contributed by atoms with van der Waals surface area (Å²) in [6, 6.07) is 4.34. The lowest BCUT2D eigenvalue weighted by atomic mass is 9.91. The quantitative estimate of drug-likeness (QED) is 0.411. The molecule has 0 aliphatic carbocycles. The Morgan fingerprint density at radius 1 is 1.30 bits per heavy atom. The number of carbonyl (C=O) groups excluding carboxylic acids is 2. The summed E-state index contributed by atoms with van der Waals surface area (Å²) in [6.07, 6.45) is 2.95. The maximum absolute atomic E-state index is 12.3. The summed E-state index contributed by atoms with van der Waals surface area (Å²) in [5.41, 5.74) is 0.424. The summed E-state index contributed by atoms with van der Waals surface area (Å²) >= 11 is 0. The Bertz CT molecular complexity index is 783. The summed E-state index contributed by atoms with van der Waals surface area (Å²) in [4.78, 5) is 37.3. The van der Waals surface area contributed by atoms with Gasteiger partial charge in [-0.05, 0) is 43.2 Å². The number of hydrogen-bond donors (Lipinski definition) is 1. The van der Waals surface area contributed by atoms with Crippen LogP contribution in [0.25, 0.3) is 0 Å². The van der Waals surface area contributed by atoms with Crippen molar-refractivity contribution in [3.05, 3.63) is 33.9 Å². The molecule has 2 aliphatic rings. The van der Waals surface area contributed by atoms with Crippen molar-refractivity contribution in [3.63, 3.8) is 0 Å². The number of nitrogens with zero attached hydrogens (tertiary/aromatic N) is 2. The van der Waals surface area contributed by atoms with Crippen LogP contribution in [-0.4, -0.2) is 55.8 Å². The third-order valence-electron chi connectivity index (χ3n) is 5.50. The zero-order valence-corrected chi connectivity index (χ0v) is 17.5. The first-order valence-electron chi connectivity index (χ1n) is 10.4. The lowest BCUT2D eigenvalue weighted by Crippen LogP contribution is -2.39. The molecule has 3 unspecified atom stereocenters. The van der Waals surface area contributed by atoms with Gasteiger partial charge in [-0.25, -0.2) is 4.79 Å². The largest absolute Gasteiger partial charge is 0.452 e. The Labute approximate surface area is 175 Å². The Kier molecular flexibility index (Phi) is 7.25. The standard InChI is InChI=1S/C21H29N3O6/c1-14-8-15(2)12-23(11-14)18-6-5-16(9-19(18)24(27)28)21(26)30-13-20(25)22-10-17-4-3-7-29-17/h5-6,9,14-15,17H,3-4,7-8,10-13H2,1-2H3,(H,22,25). The lowest BCUT2D eigenvalue weighted by molar-refractivity contribution is -0.384. The van der Waals surface area contributed by atoms with E-state index in [2.05, 4.69) is 19.2 Å². The van der Waals surface area contributed by atoms with Crippen molar-refractivity contribution in [1.29, 1.82) is 0 Å². The summed E-state index contributed by atoms with van der Waals surface area (Å²) in [7, 11) is 0. The van der Waals surface area contributed by atoms with Gasteiger partial charge in [0, 0.05) is 32.3 Å². The van der Waals surface area contributed by atoms with Crippen LogP contribution in [0, 0.1) is 22.0 Å². The highest BCUT2D eigenvalue weighted by Crippen LogP contribution is 2.34. The van der Waals surface area contributed by atoms with Crippen LogP contribution < -0.4 is 10.2 Å². The van der Waals surface area contributed by atoms with Crippen LogP contribution in [0.4, 0.5) is 11.4 Å². The molecule has 164 valence electrons. The van der Waals surface area contributed by atoms with Gasteiger partial charge in [0.05, 0.1) is 16.6 Å². The molecule has 9 nitrogen and oxygen atoms in total. The molecule has 0 aromatic heterocycles. The van der Waals surface area contributed by atoms with E-state index in [1.54, 1.807) is 6.07 Å². The summed E-state index contributed by atoms with van der Waals surface area (Å²) in [6.45, 7) is 6.36. The molecule has 9 heteroatoms. The molecule has 0 radical (unpaired) electrons.